The van der Waals surface area contributed by atoms with E-state index >= 15 is 0 Å². The zero-order valence-corrected chi connectivity index (χ0v) is 12.2. The maximum atomic E-state index is 11.7. The summed E-state index contributed by atoms with van der Waals surface area (Å²) in [6, 6.07) is 19.6. The highest BCUT2D eigenvalue weighted by molar-refractivity contribution is 7.38. The summed E-state index contributed by atoms with van der Waals surface area (Å²) in [5.74, 6) is 0. The van der Waals surface area contributed by atoms with Gasteiger partial charge in [0.15, 0.2) is 0 Å². The minimum Gasteiger partial charge on any atom is -0.374 e. The maximum Gasteiger partial charge on any atom is 0.512 e. The van der Waals surface area contributed by atoms with Gasteiger partial charge >= 0.3 is 8.03 Å². The Labute approximate surface area is 120 Å². The molecule has 0 saturated carbocycles. The van der Waals surface area contributed by atoms with E-state index in [-0.39, 0.29) is 0 Å². The topological polar surface area (TPSA) is 35.5 Å². The van der Waals surface area contributed by atoms with E-state index in [1.54, 1.807) is 0 Å². The van der Waals surface area contributed by atoms with E-state index in [1.165, 1.54) is 0 Å². The Morgan fingerprint density at radius 1 is 0.800 bits per heavy atom. The van der Waals surface area contributed by atoms with Gasteiger partial charge in [0, 0.05) is 5.56 Å². The minimum atomic E-state index is -1.66. The van der Waals surface area contributed by atoms with Crippen LogP contribution in [0.2, 0.25) is 0 Å². The van der Waals surface area contributed by atoms with Gasteiger partial charge in [0.05, 0.1) is 13.2 Å². The molecule has 104 valence electrons. The fourth-order valence-corrected chi connectivity index (χ4v) is 2.62. The van der Waals surface area contributed by atoms with Gasteiger partial charge in [0.25, 0.3) is 0 Å². The molecule has 3 nitrogen and oxygen atoms in total. The smallest absolute Gasteiger partial charge is 0.374 e. The molecule has 0 aliphatic carbocycles. The van der Waals surface area contributed by atoms with Crippen LogP contribution in [0.3, 0.4) is 0 Å². The van der Waals surface area contributed by atoms with Gasteiger partial charge in [-0.2, -0.15) is 0 Å². The lowest BCUT2D eigenvalue weighted by molar-refractivity contribution is 0.0913. The standard InChI is InChI=1S/C16H18O3P/c17-20(14-16-9-5-2-6-10-16)19-12-11-18-13-15-7-3-1-4-8-15/h1-10H,11-14H2/q+1. The quantitative estimate of drug-likeness (QED) is 0.540. The van der Waals surface area contributed by atoms with Crippen molar-refractivity contribution >= 4 is 8.03 Å². The summed E-state index contributed by atoms with van der Waals surface area (Å²) in [6.45, 7) is 1.36. The van der Waals surface area contributed by atoms with E-state index in [0.29, 0.717) is 26.0 Å². The summed E-state index contributed by atoms with van der Waals surface area (Å²) in [6.07, 6.45) is 0.453. The average Bonchev–Trinajstić information content (AvgIpc) is 2.49. The molecule has 1 unspecified atom stereocenters. The van der Waals surface area contributed by atoms with Crippen molar-refractivity contribution in [2.24, 2.45) is 0 Å². The lowest BCUT2D eigenvalue weighted by atomic mass is 10.2. The molecule has 20 heavy (non-hydrogen) atoms. The minimum absolute atomic E-state index is 0.356. The maximum absolute atomic E-state index is 11.7. The van der Waals surface area contributed by atoms with Crippen LogP contribution in [0.15, 0.2) is 60.7 Å². The van der Waals surface area contributed by atoms with Gasteiger partial charge in [-0.05, 0) is 10.1 Å². The Balaban J connectivity index is 1.58. The van der Waals surface area contributed by atoms with Crippen LogP contribution >= 0.6 is 8.03 Å². The fraction of sp³-hybridized carbons (Fsp3) is 0.250. The first-order chi connectivity index (χ1) is 9.84. The second kappa shape index (κ2) is 8.60. The molecule has 0 aromatic heterocycles. The Morgan fingerprint density at radius 3 is 2.05 bits per heavy atom. The lowest BCUT2D eigenvalue weighted by Crippen LogP contribution is -2.01. The highest BCUT2D eigenvalue weighted by Crippen LogP contribution is 2.27. The van der Waals surface area contributed by atoms with Crippen molar-refractivity contribution in [3.63, 3.8) is 0 Å². The Hall–Kier alpha value is -1.54. The summed E-state index contributed by atoms with van der Waals surface area (Å²) < 4.78 is 22.5. The predicted molar refractivity (Wildman–Crippen MR) is 79.8 cm³/mol. The van der Waals surface area contributed by atoms with Crippen LogP contribution in [-0.2, 0) is 26.6 Å². The SMILES string of the molecule is O=[P+](Cc1ccccc1)OCCOCc1ccccc1. The zero-order valence-electron chi connectivity index (χ0n) is 11.3. The first kappa shape index (κ1) is 14.9. The molecular formula is C16H18O3P+. The van der Waals surface area contributed by atoms with E-state index in [1.807, 2.05) is 60.7 Å². The van der Waals surface area contributed by atoms with Gasteiger partial charge in [-0.1, -0.05) is 60.7 Å². The van der Waals surface area contributed by atoms with Crippen LogP contribution in [0.25, 0.3) is 0 Å². The summed E-state index contributed by atoms with van der Waals surface area (Å²) in [7, 11) is -1.66. The van der Waals surface area contributed by atoms with Crippen molar-refractivity contribution in [3.8, 4) is 0 Å². The highest BCUT2D eigenvalue weighted by atomic mass is 31.1. The molecule has 2 aromatic rings. The van der Waals surface area contributed by atoms with Crippen molar-refractivity contribution in [2.45, 2.75) is 12.8 Å². The second-order valence-electron chi connectivity index (χ2n) is 4.35. The Kier molecular flexibility index (Phi) is 6.39. The van der Waals surface area contributed by atoms with Crippen LogP contribution < -0.4 is 0 Å². The van der Waals surface area contributed by atoms with E-state index in [9.17, 15) is 4.57 Å². The molecule has 2 aromatic carbocycles. The largest absolute Gasteiger partial charge is 0.512 e. The molecule has 0 spiro atoms. The molecule has 0 aliphatic rings. The van der Waals surface area contributed by atoms with Gasteiger partial charge in [0.2, 0.25) is 6.16 Å². The molecule has 2 rings (SSSR count). The fourth-order valence-electron chi connectivity index (χ4n) is 1.74. The molecule has 4 heteroatoms. The van der Waals surface area contributed by atoms with Crippen LogP contribution in [0, 0.1) is 0 Å². The van der Waals surface area contributed by atoms with E-state index in [4.69, 9.17) is 9.26 Å². The molecule has 0 aliphatic heterocycles. The van der Waals surface area contributed by atoms with Crippen LogP contribution in [0.5, 0.6) is 0 Å². The van der Waals surface area contributed by atoms with Gasteiger partial charge in [0.1, 0.15) is 6.61 Å². The second-order valence-corrected chi connectivity index (χ2v) is 5.59. The lowest BCUT2D eigenvalue weighted by Gasteiger charge is -2.01. The Bertz CT molecular complexity index is 514. The summed E-state index contributed by atoms with van der Waals surface area (Å²) >= 11 is 0. The van der Waals surface area contributed by atoms with Crippen molar-refractivity contribution < 1.29 is 13.8 Å². The van der Waals surface area contributed by atoms with Crippen LogP contribution in [0.4, 0.5) is 0 Å². The number of hydrogen-bond donors (Lipinski definition) is 0. The molecule has 0 heterocycles. The molecule has 0 bridgehead atoms. The van der Waals surface area contributed by atoms with E-state index in [2.05, 4.69) is 0 Å². The third kappa shape index (κ3) is 5.62. The van der Waals surface area contributed by atoms with E-state index in [0.717, 1.165) is 11.1 Å². The van der Waals surface area contributed by atoms with Gasteiger partial charge in [-0.25, -0.2) is 0 Å². The summed E-state index contributed by atoms with van der Waals surface area (Å²) in [4.78, 5) is 0. The monoisotopic (exact) mass is 289 g/mol. The van der Waals surface area contributed by atoms with Gasteiger partial charge in [-0.15, -0.1) is 4.52 Å². The van der Waals surface area contributed by atoms with Crippen molar-refractivity contribution in [1.29, 1.82) is 0 Å². The van der Waals surface area contributed by atoms with Gasteiger partial charge in [-0.3, -0.25) is 0 Å². The molecule has 1 atom stereocenters. The van der Waals surface area contributed by atoms with Gasteiger partial charge < -0.3 is 4.74 Å². The van der Waals surface area contributed by atoms with Crippen LogP contribution in [-0.4, -0.2) is 13.2 Å². The van der Waals surface area contributed by atoms with Crippen LogP contribution in [0.1, 0.15) is 11.1 Å². The molecule has 0 amide bonds. The molecule has 0 fully saturated rings. The first-order valence-corrected chi connectivity index (χ1v) is 7.94. The van der Waals surface area contributed by atoms with E-state index < -0.39 is 8.03 Å². The zero-order chi connectivity index (χ0) is 14.0. The number of hydrogen-bond acceptors (Lipinski definition) is 3. The molecule has 0 radical (unpaired) electrons. The summed E-state index contributed by atoms with van der Waals surface area (Å²) in [5.41, 5.74) is 2.15. The Morgan fingerprint density at radius 2 is 1.40 bits per heavy atom. The third-order valence-corrected chi connectivity index (χ3v) is 3.82. The van der Waals surface area contributed by atoms with Crippen molar-refractivity contribution in [3.05, 3.63) is 71.8 Å². The van der Waals surface area contributed by atoms with Crippen molar-refractivity contribution in [1.82, 2.24) is 0 Å². The first-order valence-electron chi connectivity index (χ1n) is 6.58. The summed E-state index contributed by atoms with van der Waals surface area (Å²) in [5, 5.41) is 0. The predicted octanol–water partition coefficient (Wildman–Crippen LogP) is 4.16. The molecule has 0 saturated heterocycles. The normalized spacial score (nSPS) is 11.3. The number of benzene rings is 2. The molecule has 0 N–H and O–H groups in total. The third-order valence-electron chi connectivity index (χ3n) is 2.73. The highest BCUT2D eigenvalue weighted by Gasteiger charge is 2.17. The molecular weight excluding hydrogens is 271 g/mol. The number of ether oxygens (including phenoxy) is 1. The number of rotatable bonds is 8. The average molecular weight is 289 g/mol. The van der Waals surface area contributed by atoms with Crippen molar-refractivity contribution in [2.75, 3.05) is 13.2 Å².